The fourth-order valence-electron chi connectivity index (χ4n) is 1.62. The molecule has 20 heavy (non-hydrogen) atoms. The van der Waals surface area contributed by atoms with Gasteiger partial charge >= 0.3 is 0 Å². The Hall–Kier alpha value is -1.30. The smallest absolute Gasteiger partial charge is 0.127 e. The number of ether oxygens (including phenoxy) is 2. The van der Waals surface area contributed by atoms with Crippen LogP contribution in [0.4, 0.5) is 0 Å². The number of hydrogen-bond donors (Lipinski definition) is 3. The molecular formula is C15H25NO4. The Balaban J connectivity index is 2.76. The summed E-state index contributed by atoms with van der Waals surface area (Å²) in [5.41, 5.74) is 1.00. The van der Waals surface area contributed by atoms with E-state index >= 15 is 0 Å². The Kier molecular flexibility index (Phi) is 8.02. The number of aliphatic hydroxyl groups is 2. The van der Waals surface area contributed by atoms with Gasteiger partial charge in [-0.1, -0.05) is 19.9 Å². The van der Waals surface area contributed by atoms with Gasteiger partial charge in [0.05, 0.1) is 13.2 Å². The van der Waals surface area contributed by atoms with E-state index in [4.69, 9.17) is 14.6 Å². The lowest BCUT2D eigenvalue weighted by molar-refractivity contribution is 0.0532. The Bertz CT molecular complexity index is 384. The topological polar surface area (TPSA) is 71.0 Å². The molecule has 1 aromatic carbocycles. The maximum atomic E-state index is 9.38. The molecule has 1 atom stereocenters. The maximum absolute atomic E-state index is 9.38. The minimum Gasteiger partial charge on any atom is -0.493 e. The molecule has 1 unspecified atom stereocenters. The summed E-state index contributed by atoms with van der Waals surface area (Å²) >= 11 is 0. The zero-order valence-corrected chi connectivity index (χ0v) is 12.3. The van der Waals surface area contributed by atoms with Crippen LogP contribution in [0.15, 0.2) is 18.2 Å². The first-order chi connectivity index (χ1) is 9.71. The normalized spacial score (nSPS) is 12.2. The van der Waals surface area contributed by atoms with Crippen molar-refractivity contribution >= 4 is 0 Å². The van der Waals surface area contributed by atoms with Crippen LogP contribution in [0.5, 0.6) is 11.5 Å². The van der Waals surface area contributed by atoms with Crippen LogP contribution in [0, 0.1) is 0 Å². The predicted octanol–water partition coefficient (Wildman–Crippen LogP) is 1.32. The zero-order valence-electron chi connectivity index (χ0n) is 12.3. The molecule has 5 nitrogen and oxygen atoms in total. The van der Waals surface area contributed by atoms with Crippen molar-refractivity contribution in [2.45, 2.75) is 32.9 Å². The van der Waals surface area contributed by atoms with Crippen molar-refractivity contribution in [1.29, 1.82) is 0 Å². The van der Waals surface area contributed by atoms with Crippen LogP contribution in [-0.4, -0.2) is 42.7 Å². The molecule has 0 saturated heterocycles. The van der Waals surface area contributed by atoms with Gasteiger partial charge in [-0.25, -0.2) is 0 Å². The van der Waals surface area contributed by atoms with Gasteiger partial charge < -0.3 is 25.0 Å². The lowest BCUT2D eigenvalue weighted by Crippen LogP contribution is -2.22. The fraction of sp³-hybridized carbons (Fsp3) is 0.600. The highest BCUT2D eigenvalue weighted by atomic mass is 16.5. The molecule has 0 heterocycles. The van der Waals surface area contributed by atoms with Gasteiger partial charge in [0.2, 0.25) is 0 Å². The van der Waals surface area contributed by atoms with Crippen LogP contribution in [0.1, 0.15) is 25.8 Å². The molecule has 0 fully saturated rings. The maximum Gasteiger partial charge on any atom is 0.127 e. The van der Waals surface area contributed by atoms with Crippen LogP contribution in [0.2, 0.25) is 0 Å². The molecule has 1 rings (SSSR count). The van der Waals surface area contributed by atoms with Crippen molar-refractivity contribution in [1.82, 2.24) is 5.32 Å². The quantitative estimate of drug-likeness (QED) is 0.604. The number of benzene rings is 1. The first-order valence-corrected chi connectivity index (χ1v) is 7.09. The summed E-state index contributed by atoms with van der Waals surface area (Å²) in [6, 6.07) is 5.69. The molecule has 0 aromatic heterocycles. The fourth-order valence-corrected chi connectivity index (χ4v) is 1.62. The summed E-state index contributed by atoms with van der Waals surface area (Å²) in [5, 5.41) is 21.4. The standard InChI is InChI=1S/C15H25NO4/c1-3-7-19-14-6-5-12(9-16-4-2)15(8-14)20-11-13(18)10-17/h5-6,8,13,16-18H,3-4,7,9-11H2,1-2H3. The number of nitrogens with one attached hydrogen (secondary N) is 1. The minimum absolute atomic E-state index is 0.0624. The molecule has 0 aliphatic heterocycles. The van der Waals surface area contributed by atoms with E-state index in [-0.39, 0.29) is 13.2 Å². The largest absolute Gasteiger partial charge is 0.493 e. The van der Waals surface area contributed by atoms with Gasteiger partial charge in [0.1, 0.15) is 24.2 Å². The van der Waals surface area contributed by atoms with E-state index in [1.807, 2.05) is 25.1 Å². The van der Waals surface area contributed by atoms with Gasteiger partial charge in [-0.3, -0.25) is 0 Å². The highest BCUT2D eigenvalue weighted by Gasteiger charge is 2.09. The van der Waals surface area contributed by atoms with Crippen LogP contribution in [-0.2, 0) is 6.54 Å². The van der Waals surface area contributed by atoms with Crippen LogP contribution in [0.25, 0.3) is 0 Å². The van der Waals surface area contributed by atoms with Crippen molar-refractivity contribution in [2.75, 3.05) is 26.4 Å². The third kappa shape index (κ3) is 5.77. The van der Waals surface area contributed by atoms with E-state index in [0.29, 0.717) is 18.9 Å². The highest BCUT2D eigenvalue weighted by molar-refractivity contribution is 5.40. The summed E-state index contributed by atoms with van der Waals surface area (Å²) in [4.78, 5) is 0. The summed E-state index contributed by atoms with van der Waals surface area (Å²) in [5.74, 6) is 1.42. The molecule has 0 aliphatic carbocycles. The second-order valence-electron chi connectivity index (χ2n) is 4.55. The third-order valence-corrected chi connectivity index (χ3v) is 2.72. The van der Waals surface area contributed by atoms with Crippen LogP contribution < -0.4 is 14.8 Å². The molecule has 0 radical (unpaired) electrons. The Morgan fingerprint density at radius 2 is 2.05 bits per heavy atom. The van der Waals surface area contributed by atoms with Crippen LogP contribution in [0.3, 0.4) is 0 Å². The number of aliphatic hydroxyl groups excluding tert-OH is 2. The predicted molar refractivity (Wildman–Crippen MR) is 78.2 cm³/mol. The minimum atomic E-state index is -0.873. The summed E-state index contributed by atoms with van der Waals surface area (Å²) in [7, 11) is 0. The average Bonchev–Trinajstić information content (AvgIpc) is 2.49. The second kappa shape index (κ2) is 9.58. The van der Waals surface area contributed by atoms with Gasteiger partial charge in [-0.2, -0.15) is 0 Å². The van der Waals surface area contributed by atoms with Gasteiger partial charge in [0.15, 0.2) is 0 Å². The molecular weight excluding hydrogens is 258 g/mol. The molecule has 1 aromatic rings. The third-order valence-electron chi connectivity index (χ3n) is 2.72. The number of rotatable bonds is 10. The monoisotopic (exact) mass is 283 g/mol. The van der Waals surface area contributed by atoms with Crippen molar-refractivity contribution in [3.63, 3.8) is 0 Å². The Labute approximate surface area is 120 Å². The molecule has 0 amide bonds. The van der Waals surface area contributed by atoms with E-state index in [1.165, 1.54) is 0 Å². The molecule has 5 heteroatoms. The molecule has 3 N–H and O–H groups in total. The van der Waals surface area contributed by atoms with Gasteiger partial charge in [-0.15, -0.1) is 0 Å². The van der Waals surface area contributed by atoms with E-state index in [1.54, 1.807) is 0 Å². The van der Waals surface area contributed by atoms with Crippen molar-refractivity contribution in [3.8, 4) is 11.5 Å². The van der Waals surface area contributed by atoms with E-state index in [9.17, 15) is 5.11 Å². The Morgan fingerprint density at radius 3 is 2.70 bits per heavy atom. The molecule has 0 bridgehead atoms. The van der Waals surface area contributed by atoms with E-state index in [0.717, 1.165) is 24.3 Å². The first-order valence-electron chi connectivity index (χ1n) is 7.09. The number of hydrogen-bond acceptors (Lipinski definition) is 5. The molecule has 114 valence electrons. The summed E-state index contributed by atoms with van der Waals surface area (Å²) in [6.07, 6.45) is 0.0701. The van der Waals surface area contributed by atoms with Crippen molar-refractivity contribution in [3.05, 3.63) is 23.8 Å². The molecule has 0 aliphatic rings. The van der Waals surface area contributed by atoms with Gasteiger partial charge in [0.25, 0.3) is 0 Å². The summed E-state index contributed by atoms with van der Waals surface area (Å²) < 4.78 is 11.2. The van der Waals surface area contributed by atoms with E-state index < -0.39 is 6.10 Å². The molecule has 0 spiro atoms. The van der Waals surface area contributed by atoms with Gasteiger partial charge in [0, 0.05) is 18.2 Å². The van der Waals surface area contributed by atoms with Gasteiger partial charge in [-0.05, 0) is 19.0 Å². The zero-order chi connectivity index (χ0) is 14.8. The first kappa shape index (κ1) is 16.8. The van der Waals surface area contributed by atoms with Crippen LogP contribution >= 0.6 is 0 Å². The average molecular weight is 283 g/mol. The summed E-state index contributed by atoms with van der Waals surface area (Å²) in [6.45, 7) is 6.05. The highest BCUT2D eigenvalue weighted by Crippen LogP contribution is 2.25. The second-order valence-corrected chi connectivity index (χ2v) is 4.55. The van der Waals surface area contributed by atoms with E-state index in [2.05, 4.69) is 12.2 Å². The lowest BCUT2D eigenvalue weighted by Gasteiger charge is -2.15. The van der Waals surface area contributed by atoms with Crippen molar-refractivity contribution in [2.24, 2.45) is 0 Å². The Morgan fingerprint density at radius 1 is 1.25 bits per heavy atom. The van der Waals surface area contributed by atoms with Crippen molar-refractivity contribution < 1.29 is 19.7 Å². The molecule has 0 saturated carbocycles. The lowest BCUT2D eigenvalue weighted by atomic mass is 10.2. The SMILES string of the molecule is CCCOc1ccc(CNCC)c(OCC(O)CO)c1.